The highest BCUT2D eigenvalue weighted by molar-refractivity contribution is 5.98. The van der Waals surface area contributed by atoms with Crippen LogP contribution in [0.15, 0.2) is 48.8 Å². The summed E-state index contributed by atoms with van der Waals surface area (Å²) < 4.78 is 13.0. The van der Waals surface area contributed by atoms with Crippen molar-refractivity contribution in [2.24, 2.45) is 5.92 Å². The fourth-order valence-corrected chi connectivity index (χ4v) is 3.01. The van der Waals surface area contributed by atoms with Crippen molar-refractivity contribution in [2.45, 2.75) is 19.4 Å². The Hall–Kier alpha value is -2.07. The lowest BCUT2D eigenvalue weighted by Gasteiger charge is -2.32. The van der Waals surface area contributed by atoms with E-state index in [4.69, 9.17) is 0 Å². The molecule has 0 radical (unpaired) electrons. The molecule has 114 valence electrons. The van der Waals surface area contributed by atoms with Gasteiger partial charge in [0.05, 0.1) is 0 Å². The van der Waals surface area contributed by atoms with Gasteiger partial charge in [-0.25, -0.2) is 4.39 Å². The highest BCUT2D eigenvalue weighted by Gasteiger charge is 2.26. The molecule has 0 saturated carbocycles. The highest BCUT2D eigenvalue weighted by atomic mass is 19.1. The third-order valence-electron chi connectivity index (χ3n) is 4.13. The molecule has 0 aliphatic carbocycles. The maximum absolute atomic E-state index is 13.0. The van der Waals surface area contributed by atoms with Gasteiger partial charge in [-0.3, -0.25) is 14.7 Å². The summed E-state index contributed by atoms with van der Waals surface area (Å²) in [7, 11) is 0. The van der Waals surface area contributed by atoms with E-state index >= 15 is 0 Å². The molecule has 0 amide bonds. The number of carbonyl (C=O) groups is 1. The number of hydrogen-bond donors (Lipinski definition) is 0. The van der Waals surface area contributed by atoms with Gasteiger partial charge in [0.1, 0.15) is 5.82 Å². The van der Waals surface area contributed by atoms with Crippen LogP contribution >= 0.6 is 0 Å². The van der Waals surface area contributed by atoms with E-state index in [1.807, 2.05) is 12.3 Å². The second kappa shape index (κ2) is 6.79. The molecule has 1 fully saturated rings. The summed E-state index contributed by atoms with van der Waals surface area (Å²) in [6.45, 7) is 2.58. The third kappa shape index (κ3) is 3.57. The van der Waals surface area contributed by atoms with Crippen molar-refractivity contribution in [3.63, 3.8) is 0 Å². The molecular weight excluding hydrogens is 279 g/mol. The van der Waals surface area contributed by atoms with Crippen LogP contribution in [0.25, 0.3) is 0 Å². The van der Waals surface area contributed by atoms with Gasteiger partial charge in [-0.05, 0) is 55.3 Å². The lowest BCUT2D eigenvalue weighted by Crippen LogP contribution is -2.38. The Morgan fingerprint density at radius 2 is 2.09 bits per heavy atom. The molecule has 1 aromatic heterocycles. The number of Topliss-reactive ketones (excluding diaryl/α,β-unsaturated/α-hetero) is 1. The molecule has 4 heteroatoms. The van der Waals surface area contributed by atoms with E-state index < -0.39 is 0 Å². The second-order valence-corrected chi connectivity index (χ2v) is 5.81. The topological polar surface area (TPSA) is 33.2 Å². The molecule has 3 nitrogen and oxygen atoms in total. The van der Waals surface area contributed by atoms with Crippen LogP contribution in [-0.4, -0.2) is 28.8 Å². The van der Waals surface area contributed by atoms with E-state index in [0.717, 1.165) is 38.0 Å². The zero-order chi connectivity index (χ0) is 15.4. The number of nitrogens with zero attached hydrogens (tertiary/aromatic N) is 2. The Morgan fingerprint density at radius 3 is 2.82 bits per heavy atom. The van der Waals surface area contributed by atoms with Crippen LogP contribution in [0, 0.1) is 11.7 Å². The molecule has 3 rings (SSSR count). The van der Waals surface area contributed by atoms with Gasteiger partial charge in [0.25, 0.3) is 0 Å². The fourth-order valence-electron chi connectivity index (χ4n) is 3.01. The van der Waals surface area contributed by atoms with E-state index in [0.29, 0.717) is 5.56 Å². The summed E-state index contributed by atoms with van der Waals surface area (Å²) >= 11 is 0. The van der Waals surface area contributed by atoms with E-state index in [1.54, 1.807) is 18.3 Å². The molecule has 22 heavy (non-hydrogen) atoms. The standard InChI is InChI=1S/C18H19FN2O/c19-17-7-5-15(6-8-17)18(22)16-4-2-10-21(13-16)12-14-3-1-9-20-11-14/h1,3,5-9,11,16H,2,4,10,12-13H2/t16-/m1/s1. The first-order valence-corrected chi connectivity index (χ1v) is 7.63. The third-order valence-corrected chi connectivity index (χ3v) is 4.13. The van der Waals surface area contributed by atoms with Crippen molar-refractivity contribution in [3.05, 3.63) is 65.7 Å². The summed E-state index contributed by atoms with van der Waals surface area (Å²) in [6.07, 6.45) is 5.55. The summed E-state index contributed by atoms with van der Waals surface area (Å²) in [4.78, 5) is 19.0. The van der Waals surface area contributed by atoms with Crippen LogP contribution < -0.4 is 0 Å². The van der Waals surface area contributed by atoms with E-state index in [2.05, 4.69) is 16.0 Å². The Bertz CT molecular complexity index is 627. The largest absolute Gasteiger partial charge is 0.298 e. The zero-order valence-corrected chi connectivity index (χ0v) is 12.4. The average Bonchev–Trinajstić information content (AvgIpc) is 2.56. The van der Waals surface area contributed by atoms with Crippen LogP contribution in [0.3, 0.4) is 0 Å². The number of benzene rings is 1. The number of rotatable bonds is 4. The number of carbonyl (C=O) groups excluding carboxylic acids is 1. The minimum absolute atomic E-state index is 0.00381. The summed E-state index contributed by atoms with van der Waals surface area (Å²) in [5.41, 5.74) is 1.77. The van der Waals surface area contributed by atoms with Crippen molar-refractivity contribution in [2.75, 3.05) is 13.1 Å². The first-order chi connectivity index (χ1) is 10.7. The van der Waals surface area contributed by atoms with Crippen LogP contribution in [0.1, 0.15) is 28.8 Å². The molecule has 0 spiro atoms. The van der Waals surface area contributed by atoms with Gasteiger partial charge in [0.2, 0.25) is 0 Å². The number of hydrogen-bond acceptors (Lipinski definition) is 3. The minimum atomic E-state index is -0.307. The maximum atomic E-state index is 13.0. The smallest absolute Gasteiger partial charge is 0.167 e. The van der Waals surface area contributed by atoms with Gasteiger partial charge >= 0.3 is 0 Å². The molecular formula is C18H19FN2O. The van der Waals surface area contributed by atoms with Gasteiger partial charge in [-0.1, -0.05) is 6.07 Å². The fraction of sp³-hybridized carbons (Fsp3) is 0.333. The number of halogens is 1. The van der Waals surface area contributed by atoms with Crippen LogP contribution in [0.4, 0.5) is 4.39 Å². The Kier molecular flexibility index (Phi) is 4.59. The second-order valence-electron chi connectivity index (χ2n) is 5.81. The quantitative estimate of drug-likeness (QED) is 0.812. The first-order valence-electron chi connectivity index (χ1n) is 7.63. The van der Waals surface area contributed by atoms with Gasteiger partial charge in [-0.15, -0.1) is 0 Å². The number of piperidine rings is 1. The normalized spacial score (nSPS) is 19.0. The Morgan fingerprint density at radius 1 is 1.27 bits per heavy atom. The summed E-state index contributed by atoms with van der Waals surface area (Å²) in [6, 6.07) is 9.85. The molecule has 2 heterocycles. The molecule has 0 N–H and O–H groups in total. The lowest BCUT2D eigenvalue weighted by molar-refractivity contribution is 0.0811. The van der Waals surface area contributed by atoms with Gasteiger partial charge in [0.15, 0.2) is 5.78 Å². The van der Waals surface area contributed by atoms with Crippen LogP contribution in [0.2, 0.25) is 0 Å². The molecule has 1 atom stereocenters. The van der Waals surface area contributed by atoms with Crippen LogP contribution in [-0.2, 0) is 6.54 Å². The highest BCUT2D eigenvalue weighted by Crippen LogP contribution is 2.22. The van der Waals surface area contributed by atoms with Gasteiger partial charge < -0.3 is 0 Å². The molecule has 2 aromatic rings. The molecule has 1 aliphatic heterocycles. The predicted molar refractivity (Wildman–Crippen MR) is 83.0 cm³/mol. The molecule has 1 aliphatic rings. The number of aromatic nitrogens is 1. The van der Waals surface area contributed by atoms with E-state index in [-0.39, 0.29) is 17.5 Å². The van der Waals surface area contributed by atoms with Crippen molar-refractivity contribution >= 4 is 5.78 Å². The number of ketones is 1. The summed E-state index contributed by atoms with van der Waals surface area (Å²) in [5.74, 6) is -0.190. The Labute approximate surface area is 129 Å². The van der Waals surface area contributed by atoms with Crippen molar-refractivity contribution in [1.82, 2.24) is 9.88 Å². The van der Waals surface area contributed by atoms with Gasteiger partial charge in [-0.2, -0.15) is 0 Å². The molecule has 1 saturated heterocycles. The van der Waals surface area contributed by atoms with E-state index in [9.17, 15) is 9.18 Å². The number of likely N-dealkylation sites (tertiary alicyclic amines) is 1. The van der Waals surface area contributed by atoms with Crippen LogP contribution in [0.5, 0.6) is 0 Å². The SMILES string of the molecule is O=C(c1ccc(F)cc1)[C@@H]1CCCN(Cc2cccnc2)C1. The van der Waals surface area contributed by atoms with Crippen molar-refractivity contribution < 1.29 is 9.18 Å². The number of pyridine rings is 1. The Balaban J connectivity index is 1.65. The average molecular weight is 298 g/mol. The zero-order valence-electron chi connectivity index (χ0n) is 12.4. The monoisotopic (exact) mass is 298 g/mol. The molecule has 0 unspecified atom stereocenters. The summed E-state index contributed by atoms with van der Waals surface area (Å²) in [5, 5.41) is 0. The first kappa shape index (κ1) is 14.9. The maximum Gasteiger partial charge on any atom is 0.167 e. The van der Waals surface area contributed by atoms with Crippen molar-refractivity contribution in [3.8, 4) is 0 Å². The lowest BCUT2D eigenvalue weighted by atomic mass is 9.90. The van der Waals surface area contributed by atoms with E-state index in [1.165, 1.54) is 12.1 Å². The van der Waals surface area contributed by atoms with Crippen molar-refractivity contribution in [1.29, 1.82) is 0 Å². The minimum Gasteiger partial charge on any atom is -0.298 e. The molecule has 0 bridgehead atoms. The van der Waals surface area contributed by atoms with Gasteiger partial charge in [0, 0.05) is 37.0 Å². The molecule has 1 aromatic carbocycles. The predicted octanol–water partition coefficient (Wildman–Crippen LogP) is 3.32.